The van der Waals surface area contributed by atoms with Gasteiger partial charge in [-0.15, -0.1) is 0 Å². The van der Waals surface area contributed by atoms with Crippen molar-refractivity contribution in [1.29, 1.82) is 0 Å². The Kier molecular flexibility index (Phi) is 3.79. The quantitative estimate of drug-likeness (QED) is 0.878. The van der Waals surface area contributed by atoms with Crippen molar-refractivity contribution in [3.05, 3.63) is 34.6 Å². The Morgan fingerprint density at radius 3 is 3.00 bits per heavy atom. The van der Waals surface area contributed by atoms with Crippen LogP contribution in [-0.4, -0.2) is 35.2 Å². The van der Waals surface area contributed by atoms with E-state index in [1.807, 2.05) is 24.3 Å². The molecule has 6 nitrogen and oxygen atoms in total. The topological polar surface area (TPSA) is 80.0 Å². The highest BCUT2D eigenvalue weighted by Gasteiger charge is 2.24. The molecule has 3 rings (SSSR count). The van der Waals surface area contributed by atoms with Crippen molar-refractivity contribution in [2.75, 3.05) is 13.1 Å². The maximum atomic E-state index is 11.7. The van der Waals surface area contributed by atoms with E-state index in [1.54, 1.807) is 0 Å². The fourth-order valence-electron chi connectivity index (χ4n) is 2.08. The summed E-state index contributed by atoms with van der Waals surface area (Å²) in [5, 5.41) is 9.89. The largest absolute Gasteiger partial charge is 0.353 e. The van der Waals surface area contributed by atoms with Gasteiger partial charge in [-0.1, -0.05) is 33.2 Å². The Hall–Kier alpha value is -1.73. The summed E-state index contributed by atoms with van der Waals surface area (Å²) in [5.74, 6) is 0.936. The lowest BCUT2D eigenvalue weighted by atomic mass is 10.1. The van der Waals surface area contributed by atoms with Crippen LogP contribution < -0.4 is 10.6 Å². The summed E-state index contributed by atoms with van der Waals surface area (Å²) in [6, 6.07) is 7.35. The normalized spacial score (nSPS) is 18.9. The van der Waals surface area contributed by atoms with Crippen LogP contribution in [0, 0.1) is 0 Å². The first-order valence-corrected chi connectivity index (χ1v) is 7.12. The average Bonchev–Trinajstić information content (AvgIpc) is 2.90. The fraction of sp³-hybridized carbons (Fsp3) is 0.308. The van der Waals surface area contributed by atoms with E-state index in [4.69, 9.17) is 4.52 Å². The zero-order valence-corrected chi connectivity index (χ0v) is 12.2. The molecule has 0 aliphatic carbocycles. The molecule has 1 fully saturated rings. The molecule has 1 saturated heterocycles. The minimum atomic E-state index is -0.309. The Morgan fingerprint density at radius 2 is 2.20 bits per heavy atom. The molecule has 1 aliphatic rings. The number of aromatic nitrogens is 2. The lowest BCUT2D eigenvalue weighted by molar-refractivity contribution is -0.124. The van der Waals surface area contributed by atoms with Crippen molar-refractivity contribution in [3.8, 4) is 11.4 Å². The summed E-state index contributed by atoms with van der Waals surface area (Å²) in [4.78, 5) is 16.0. The summed E-state index contributed by atoms with van der Waals surface area (Å²) in [6.45, 7) is 1.41. The number of carbonyl (C=O) groups is 1. The van der Waals surface area contributed by atoms with Crippen LogP contribution in [0.3, 0.4) is 0 Å². The summed E-state index contributed by atoms with van der Waals surface area (Å²) in [5.41, 5.74) is 0.864. The van der Waals surface area contributed by atoms with E-state index in [1.165, 1.54) is 0 Å². The Morgan fingerprint density at radius 1 is 1.35 bits per heavy atom. The first-order valence-electron chi connectivity index (χ1n) is 6.32. The van der Waals surface area contributed by atoms with Gasteiger partial charge in [0.15, 0.2) is 0 Å². The van der Waals surface area contributed by atoms with E-state index in [2.05, 4.69) is 36.7 Å². The number of amides is 1. The molecule has 1 unspecified atom stereocenters. The number of hydrogen-bond acceptors (Lipinski definition) is 5. The van der Waals surface area contributed by atoms with Crippen molar-refractivity contribution in [3.63, 3.8) is 0 Å². The van der Waals surface area contributed by atoms with Crippen molar-refractivity contribution < 1.29 is 9.32 Å². The number of benzene rings is 1. The second kappa shape index (κ2) is 5.72. The number of nitrogens with zero attached hydrogens (tertiary/aromatic N) is 2. The second-order valence-corrected chi connectivity index (χ2v) is 5.35. The molecule has 0 saturated carbocycles. The molecule has 104 valence electrons. The molecule has 1 aromatic carbocycles. The van der Waals surface area contributed by atoms with Crippen LogP contribution in [0.2, 0.25) is 0 Å². The van der Waals surface area contributed by atoms with E-state index in [9.17, 15) is 4.79 Å². The summed E-state index contributed by atoms with van der Waals surface area (Å²) in [7, 11) is 0. The molecule has 1 aliphatic heterocycles. The summed E-state index contributed by atoms with van der Waals surface area (Å²) < 4.78 is 6.13. The fourth-order valence-corrected chi connectivity index (χ4v) is 2.54. The Labute approximate surface area is 124 Å². The molecule has 0 spiro atoms. The molecule has 1 amide bonds. The van der Waals surface area contributed by atoms with Crippen molar-refractivity contribution >= 4 is 21.8 Å². The standard InChI is InChI=1S/C13H13BrN4O2/c14-9-4-2-1-3-8(9)12-17-11(20-18-12)7-10-13(19)16-6-5-15-10/h1-4,10,15H,5-7H2,(H,16,19). The molecule has 20 heavy (non-hydrogen) atoms. The highest BCUT2D eigenvalue weighted by atomic mass is 79.9. The van der Waals surface area contributed by atoms with Crippen LogP contribution in [-0.2, 0) is 11.2 Å². The molecular weight excluding hydrogens is 324 g/mol. The monoisotopic (exact) mass is 336 g/mol. The first kappa shape index (κ1) is 13.3. The number of halogens is 1. The van der Waals surface area contributed by atoms with Gasteiger partial charge in [-0.2, -0.15) is 4.98 Å². The van der Waals surface area contributed by atoms with Gasteiger partial charge in [-0.05, 0) is 12.1 Å². The molecule has 2 aromatic rings. The number of rotatable bonds is 3. The van der Waals surface area contributed by atoms with Crippen LogP contribution in [0.4, 0.5) is 0 Å². The maximum Gasteiger partial charge on any atom is 0.237 e. The van der Waals surface area contributed by atoms with Gasteiger partial charge < -0.3 is 15.2 Å². The molecular formula is C13H13BrN4O2. The minimum absolute atomic E-state index is 0.0307. The molecule has 2 N–H and O–H groups in total. The van der Waals surface area contributed by atoms with Crippen molar-refractivity contribution in [2.24, 2.45) is 0 Å². The van der Waals surface area contributed by atoms with Crippen LogP contribution in [0.5, 0.6) is 0 Å². The van der Waals surface area contributed by atoms with E-state index in [0.29, 0.717) is 24.7 Å². The van der Waals surface area contributed by atoms with Gasteiger partial charge in [-0.25, -0.2) is 0 Å². The first-order chi connectivity index (χ1) is 9.74. The Bertz CT molecular complexity index is 628. The van der Waals surface area contributed by atoms with Gasteiger partial charge in [0, 0.05) is 23.1 Å². The summed E-state index contributed by atoms with van der Waals surface area (Å²) >= 11 is 3.45. The van der Waals surface area contributed by atoms with Crippen molar-refractivity contribution in [1.82, 2.24) is 20.8 Å². The zero-order valence-electron chi connectivity index (χ0n) is 10.6. The number of carbonyl (C=O) groups excluding carboxylic acids is 1. The van der Waals surface area contributed by atoms with Gasteiger partial charge in [0.25, 0.3) is 0 Å². The summed E-state index contributed by atoms with van der Waals surface area (Å²) in [6.07, 6.45) is 0.392. The van der Waals surface area contributed by atoms with E-state index < -0.39 is 0 Å². The van der Waals surface area contributed by atoms with Crippen LogP contribution in [0.1, 0.15) is 5.89 Å². The highest BCUT2D eigenvalue weighted by Crippen LogP contribution is 2.25. The molecule has 1 aromatic heterocycles. The van der Waals surface area contributed by atoms with E-state index in [-0.39, 0.29) is 11.9 Å². The highest BCUT2D eigenvalue weighted by molar-refractivity contribution is 9.10. The predicted octanol–water partition coefficient (Wildman–Crippen LogP) is 1.13. The number of hydrogen-bond donors (Lipinski definition) is 2. The molecule has 2 heterocycles. The molecule has 1 atom stereocenters. The smallest absolute Gasteiger partial charge is 0.237 e. The predicted molar refractivity (Wildman–Crippen MR) is 75.9 cm³/mol. The van der Waals surface area contributed by atoms with E-state index >= 15 is 0 Å². The number of nitrogens with one attached hydrogen (secondary N) is 2. The van der Waals surface area contributed by atoms with Gasteiger partial charge in [0.2, 0.25) is 17.6 Å². The van der Waals surface area contributed by atoms with Crippen LogP contribution >= 0.6 is 15.9 Å². The third-order valence-corrected chi connectivity index (χ3v) is 3.78. The van der Waals surface area contributed by atoms with Crippen LogP contribution in [0.25, 0.3) is 11.4 Å². The van der Waals surface area contributed by atoms with Gasteiger partial charge in [0.1, 0.15) is 0 Å². The average molecular weight is 337 g/mol. The van der Waals surface area contributed by atoms with Crippen LogP contribution in [0.15, 0.2) is 33.3 Å². The number of piperazine rings is 1. The maximum absolute atomic E-state index is 11.7. The molecule has 0 radical (unpaired) electrons. The third-order valence-electron chi connectivity index (χ3n) is 3.09. The lowest BCUT2D eigenvalue weighted by Gasteiger charge is -2.21. The minimum Gasteiger partial charge on any atom is -0.353 e. The Balaban J connectivity index is 1.77. The zero-order chi connectivity index (χ0) is 13.9. The van der Waals surface area contributed by atoms with Gasteiger partial charge in [-0.3, -0.25) is 4.79 Å². The third kappa shape index (κ3) is 2.73. The molecule has 7 heteroatoms. The van der Waals surface area contributed by atoms with Gasteiger partial charge >= 0.3 is 0 Å². The van der Waals surface area contributed by atoms with Gasteiger partial charge in [0.05, 0.1) is 12.5 Å². The second-order valence-electron chi connectivity index (χ2n) is 4.49. The van der Waals surface area contributed by atoms with Crippen molar-refractivity contribution in [2.45, 2.75) is 12.5 Å². The van der Waals surface area contributed by atoms with E-state index in [0.717, 1.165) is 16.6 Å². The SMILES string of the molecule is O=C1NCCNC1Cc1nc(-c2ccccc2Br)no1. The lowest BCUT2D eigenvalue weighted by Crippen LogP contribution is -2.53. The molecule has 0 bridgehead atoms.